The topological polar surface area (TPSA) is 70.2 Å². The van der Waals surface area contributed by atoms with Crippen LogP contribution in [0.3, 0.4) is 0 Å². The van der Waals surface area contributed by atoms with Gasteiger partial charge in [-0.2, -0.15) is 0 Å². The summed E-state index contributed by atoms with van der Waals surface area (Å²) < 4.78 is 13.2. The van der Waals surface area contributed by atoms with E-state index < -0.39 is 5.82 Å². The molecule has 0 aromatic heterocycles. The lowest BCUT2D eigenvalue weighted by molar-refractivity contribution is -0.124. The predicted octanol–water partition coefficient (Wildman–Crippen LogP) is 2.55. The van der Waals surface area contributed by atoms with Crippen molar-refractivity contribution in [3.63, 3.8) is 0 Å². The first-order chi connectivity index (χ1) is 12.0. The zero-order valence-corrected chi connectivity index (χ0v) is 14.3. The molecule has 25 heavy (non-hydrogen) atoms. The molecule has 0 aliphatic rings. The Morgan fingerprint density at radius 2 is 1.88 bits per heavy atom. The van der Waals surface area contributed by atoms with Crippen LogP contribution in [0.5, 0.6) is 0 Å². The van der Waals surface area contributed by atoms with Crippen LogP contribution in [-0.4, -0.2) is 25.4 Å². The highest BCUT2D eigenvalue weighted by Crippen LogP contribution is 2.13. The van der Waals surface area contributed by atoms with E-state index in [9.17, 15) is 14.0 Å². The molecule has 2 amide bonds. The van der Waals surface area contributed by atoms with Gasteiger partial charge in [-0.25, -0.2) is 4.39 Å². The predicted molar refractivity (Wildman–Crippen MR) is 95.7 cm³/mol. The highest BCUT2D eigenvalue weighted by Gasteiger charge is 2.11. The van der Waals surface area contributed by atoms with Crippen LogP contribution in [0, 0.1) is 11.7 Å². The lowest BCUT2D eigenvalue weighted by Gasteiger charge is -2.12. The van der Waals surface area contributed by atoms with E-state index in [1.54, 1.807) is 31.3 Å². The van der Waals surface area contributed by atoms with Gasteiger partial charge in [0.1, 0.15) is 5.82 Å². The second kappa shape index (κ2) is 8.94. The molecule has 0 aliphatic carbocycles. The van der Waals surface area contributed by atoms with Crippen molar-refractivity contribution in [1.29, 1.82) is 0 Å². The van der Waals surface area contributed by atoms with E-state index in [1.807, 2.05) is 13.0 Å². The van der Waals surface area contributed by atoms with Crippen LogP contribution in [-0.2, 0) is 11.3 Å². The Balaban J connectivity index is 1.97. The minimum absolute atomic E-state index is 0.0384. The molecule has 1 unspecified atom stereocenters. The van der Waals surface area contributed by atoms with E-state index in [0.717, 1.165) is 5.56 Å². The van der Waals surface area contributed by atoms with Crippen molar-refractivity contribution in [2.45, 2.75) is 13.5 Å². The van der Waals surface area contributed by atoms with E-state index in [1.165, 1.54) is 18.2 Å². The highest BCUT2D eigenvalue weighted by molar-refractivity contribution is 6.04. The minimum atomic E-state index is -0.459. The number of carbonyl (C=O) groups excluding carboxylic acids is 2. The SMILES string of the molecule is CNCC(C)C(=O)NCc1cccc(NC(=O)c2cccc(F)c2)c1. The van der Waals surface area contributed by atoms with E-state index in [4.69, 9.17) is 0 Å². The number of amides is 2. The van der Waals surface area contributed by atoms with Crippen LogP contribution in [0.15, 0.2) is 48.5 Å². The number of anilines is 1. The summed E-state index contributed by atoms with van der Waals surface area (Å²) in [5.41, 5.74) is 1.70. The van der Waals surface area contributed by atoms with Crippen molar-refractivity contribution < 1.29 is 14.0 Å². The number of hydrogen-bond acceptors (Lipinski definition) is 3. The molecule has 0 heterocycles. The molecule has 0 aliphatic heterocycles. The van der Waals surface area contributed by atoms with Crippen LogP contribution >= 0.6 is 0 Å². The number of halogens is 1. The van der Waals surface area contributed by atoms with Gasteiger partial charge in [-0.15, -0.1) is 0 Å². The van der Waals surface area contributed by atoms with Crippen molar-refractivity contribution in [3.05, 3.63) is 65.5 Å². The first kappa shape index (κ1) is 18.6. The molecule has 1 atom stereocenters. The molecule has 0 spiro atoms. The molecule has 2 aromatic rings. The number of benzene rings is 2. The molecule has 3 N–H and O–H groups in total. The first-order valence-electron chi connectivity index (χ1n) is 8.07. The molecule has 5 nitrogen and oxygen atoms in total. The Bertz CT molecular complexity index is 749. The van der Waals surface area contributed by atoms with Gasteiger partial charge >= 0.3 is 0 Å². The molecule has 2 aromatic carbocycles. The Labute approximate surface area is 146 Å². The Kier molecular flexibility index (Phi) is 6.65. The average Bonchev–Trinajstić information content (AvgIpc) is 2.60. The summed E-state index contributed by atoms with van der Waals surface area (Å²) >= 11 is 0. The lowest BCUT2D eigenvalue weighted by Crippen LogP contribution is -2.33. The van der Waals surface area contributed by atoms with Gasteiger partial charge in [0.25, 0.3) is 5.91 Å². The molecule has 0 saturated carbocycles. The van der Waals surface area contributed by atoms with Gasteiger partial charge in [0.2, 0.25) is 5.91 Å². The standard InChI is InChI=1S/C19H22FN3O2/c1-13(11-21-2)18(24)22-12-14-5-3-8-17(9-14)23-19(25)15-6-4-7-16(20)10-15/h3-10,13,21H,11-12H2,1-2H3,(H,22,24)(H,23,25). The summed E-state index contributed by atoms with van der Waals surface area (Å²) in [5.74, 6) is -1.01. The summed E-state index contributed by atoms with van der Waals surface area (Å²) in [4.78, 5) is 24.1. The maximum absolute atomic E-state index is 13.2. The Hall–Kier alpha value is -2.73. The fraction of sp³-hybridized carbons (Fsp3) is 0.263. The van der Waals surface area contributed by atoms with Crippen LogP contribution in [0.25, 0.3) is 0 Å². The van der Waals surface area contributed by atoms with Gasteiger partial charge in [-0.05, 0) is 42.9 Å². The van der Waals surface area contributed by atoms with Gasteiger partial charge in [-0.1, -0.05) is 25.1 Å². The normalized spacial score (nSPS) is 11.6. The molecule has 0 bridgehead atoms. The minimum Gasteiger partial charge on any atom is -0.352 e. The summed E-state index contributed by atoms with van der Waals surface area (Å²) in [6, 6.07) is 12.7. The number of nitrogens with one attached hydrogen (secondary N) is 3. The molecule has 2 rings (SSSR count). The van der Waals surface area contributed by atoms with E-state index >= 15 is 0 Å². The third-order valence-corrected chi connectivity index (χ3v) is 3.70. The van der Waals surface area contributed by atoms with Crippen LogP contribution < -0.4 is 16.0 Å². The van der Waals surface area contributed by atoms with Gasteiger partial charge in [0, 0.05) is 30.3 Å². The summed E-state index contributed by atoms with van der Waals surface area (Å²) in [5, 5.41) is 8.55. The monoisotopic (exact) mass is 343 g/mol. The van der Waals surface area contributed by atoms with Gasteiger partial charge < -0.3 is 16.0 Å². The Morgan fingerprint density at radius 3 is 2.60 bits per heavy atom. The number of hydrogen-bond donors (Lipinski definition) is 3. The molecule has 6 heteroatoms. The third kappa shape index (κ3) is 5.69. The second-order valence-corrected chi connectivity index (χ2v) is 5.84. The van der Waals surface area contributed by atoms with E-state index in [0.29, 0.717) is 18.8 Å². The maximum atomic E-state index is 13.2. The first-order valence-corrected chi connectivity index (χ1v) is 8.07. The van der Waals surface area contributed by atoms with Gasteiger partial charge in [-0.3, -0.25) is 9.59 Å². The third-order valence-electron chi connectivity index (χ3n) is 3.70. The van der Waals surface area contributed by atoms with Crippen molar-refractivity contribution in [1.82, 2.24) is 10.6 Å². The smallest absolute Gasteiger partial charge is 0.255 e. The molecule has 0 radical (unpaired) electrons. The highest BCUT2D eigenvalue weighted by atomic mass is 19.1. The van der Waals surface area contributed by atoms with Crippen LogP contribution in [0.4, 0.5) is 10.1 Å². The van der Waals surface area contributed by atoms with Crippen molar-refractivity contribution in [2.24, 2.45) is 5.92 Å². The fourth-order valence-corrected chi connectivity index (χ4v) is 2.35. The number of carbonyl (C=O) groups is 2. The second-order valence-electron chi connectivity index (χ2n) is 5.84. The molecule has 0 fully saturated rings. The fourth-order valence-electron chi connectivity index (χ4n) is 2.35. The number of rotatable bonds is 7. The van der Waals surface area contributed by atoms with Crippen molar-refractivity contribution in [2.75, 3.05) is 18.9 Å². The van der Waals surface area contributed by atoms with E-state index in [-0.39, 0.29) is 23.3 Å². The zero-order chi connectivity index (χ0) is 18.2. The Morgan fingerprint density at radius 1 is 1.12 bits per heavy atom. The molecular formula is C19H22FN3O2. The average molecular weight is 343 g/mol. The van der Waals surface area contributed by atoms with Gasteiger partial charge in [0.05, 0.1) is 0 Å². The molecule has 0 saturated heterocycles. The van der Waals surface area contributed by atoms with Gasteiger partial charge in [0.15, 0.2) is 0 Å². The quantitative estimate of drug-likeness (QED) is 0.724. The van der Waals surface area contributed by atoms with Crippen molar-refractivity contribution >= 4 is 17.5 Å². The maximum Gasteiger partial charge on any atom is 0.255 e. The lowest BCUT2D eigenvalue weighted by atomic mass is 10.1. The van der Waals surface area contributed by atoms with E-state index in [2.05, 4.69) is 16.0 Å². The summed E-state index contributed by atoms with van der Waals surface area (Å²) in [6.45, 7) is 2.83. The van der Waals surface area contributed by atoms with Crippen molar-refractivity contribution in [3.8, 4) is 0 Å². The molecule has 132 valence electrons. The zero-order valence-electron chi connectivity index (χ0n) is 14.3. The summed E-state index contributed by atoms with van der Waals surface area (Å²) in [7, 11) is 1.80. The van der Waals surface area contributed by atoms with Crippen LogP contribution in [0.2, 0.25) is 0 Å². The molecular weight excluding hydrogens is 321 g/mol. The van der Waals surface area contributed by atoms with Crippen LogP contribution in [0.1, 0.15) is 22.8 Å². The summed E-state index contributed by atoms with van der Waals surface area (Å²) in [6.07, 6.45) is 0. The largest absolute Gasteiger partial charge is 0.352 e.